The number of halogens is 1. The highest BCUT2D eigenvalue weighted by atomic mass is 32.2. The molecule has 0 heterocycles. The first-order valence-electron chi connectivity index (χ1n) is 8.29. The number of benzene rings is 3. The number of rotatable bonds is 5. The first-order chi connectivity index (χ1) is 12.8. The molecule has 0 aromatic heterocycles. The maximum absolute atomic E-state index is 13.4. The quantitative estimate of drug-likeness (QED) is 0.712. The highest BCUT2D eigenvalue weighted by Crippen LogP contribution is 2.19. The molecule has 0 bridgehead atoms. The largest absolute Gasteiger partial charge is 0.322 e. The molecule has 0 fully saturated rings. The lowest BCUT2D eigenvalue weighted by molar-refractivity contribution is 0.102. The van der Waals surface area contributed by atoms with Gasteiger partial charge in [0.05, 0.1) is 10.6 Å². The van der Waals surface area contributed by atoms with E-state index >= 15 is 0 Å². The topological polar surface area (TPSA) is 63.2 Å². The van der Waals surface area contributed by atoms with Crippen molar-refractivity contribution >= 4 is 21.4 Å². The van der Waals surface area contributed by atoms with Gasteiger partial charge in [-0.1, -0.05) is 36.4 Å². The van der Waals surface area contributed by atoms with E-state index in [9.17, 15) is 17.6 Å². The minimum absolute atomic E-state index is 0.211. The minimum atomic E-state index is -3.51. The maximum Gasteiger partial charge on any atom is 0.255 e. The van der Waals surface area contributed by atoms with E-state index in [1.165, 1.54) is 18.2 Å². The van der Waals surface area contributed by atoms with Gasteiger partial charge >= 0.3 is 0 Å². The van der Waals surface area contributed by atoms with Crippen LogP contribution in [0.15, 0.2) is 77.7 Å². The minimum Gasteiger partial charge on any atom is -0.322 e. The molecule has 0 saturated carbocycles. The lowest BCUT2D eigenvalue weighted by atomic mass is 10.1. The molecule has 0 spiro atoms. The van der Waals surface area contributed by atoms with Crippen LogP contribution in [0.2, 0.25) is 0 Å². The van der Waals surface area contributed by atoms with Gasteiger partial charge in [0.1, 0.15) is 5.82 Å². The van der Waals surface area contributed by atoms with Crippen LogP contribution in [0, 0.1) is 12.7 Å². The van der Waals surface area contributed by atoms with Crippen LogP contribution in [0.5, 0.6) is 0 Å². The Labute approximate surface area is 157 Å². The van der Waals surface area contributed by atoms with E-state index in [4.69, 9.17) is 0 Å². The Morgan fingerprint density at radius 1 is 0.963 bits per heavy atom. The van der Waals surface area contributed by atoms with Crippen molar-refractivity contribution in [1.82, 2.24) is 0 Å². The van der Waals surface area contributed by atoms with Gasteiger partial charge in [-0.2, -0.15) is 0 Å². The Bertz CT molecular complexity index is 1080. The number of hydrogen-bond acceptors (Lipinski definition) is 3. The van der Waals surface area contributed by atoms with E-state index in [0.717, 1.165) is 5.56 Å². The van der Waals surface area contributed by atoms with Crippen LogP contribution in [0.3, 0.4) is 0 Å². The summed E-state index contributed by atoms with van der Waals surface area (Å²) in [4.78, 5) is 12.7. The molecule has 3 rings (SSSR count). The Kier molecular flexibility index (Phi) is 5.37. The normalized spacial score (nSPS) is 11.2. The number of amides is 1. The number of hydrogen-bond donors (Lipinski definition) is 1. The maximum atomic E-state index is 13.4. The zero-order valence-electron chi connectivity index (χ0n) is 14.6. The van der Waals surface area contributed by atoms with Gasteiger partial charge in [-0.15, -0.1) is 0 Å². The Balaban J connectivity index is 1.81. The summed E-state index contributed by atoms with van der Waals surface area (Å²) in [7, 11) is -3.51. The number of nitrogens with one attached hydrogen (secondary N) is 1. The number of aryl methyl sites for hydroxylation is 1. The fraction of sp³-hybridized carbons (Fsp3) is 0.0952. The fourth-order valence-corrected chi connectivity index (χ4v) is 4.01. The molecule has 6 heteroatoms. The fourth-order valence-electron chi connectivity index (χ4n) is 2.66. The Morgan fingerprint density at radius 3 is 2.44 bits per heavy atom. The molecule has 4 nitrogen and oxygen atoms in total. The molecular weight excluding hydrogens is 365 g/mol. The summed E-state index contributed by atoms with van der Waals surface area (Å²) in [6.45, 7) is 1.76. The van der Waals surface area contributed by atoms with Gasteiger partial charge in [-0.05, 0) is 54.4 Å². The summed E-state index contributed by atoms with van der Waals surface area (Å²) in [5.74, 6) is -1.09. The van der Waals surface area contributed by atoms with Crippen LogP contribution in [-0.4, -0.2) is 14.3 Å². The molecule has 0 aliphatic carbocycles. The van der Waals surface area contributed by atoms with Crippen molar-refractivity contribution in [2.24, 2.45) is 0 Å². The third-order valence-electron chi connectivity index (χ3n) is 4.10. The lowest BCUT2D eigenvalue weighted by Crippen LogP contribution is -2.14. The molecule has 0 aliphatic heterocycles. The second-order valence-electron chi connectivity index (χ2n) is 6.19. The second kappa shape index (κ2) is 7.72. The van der Waals surface area contributed by atoms with Crippen molar-refractivity contribution in [2.45, 2.75) is 17.6 Å². The molecule has 138 valence electrons. The third kappa shape index (κ3) is 4.60. The smallest absolute Gasteiger partial charge is 0.255 e. The number of carbonyl (C=O) groups is 1. The van der Waals surface area contributed by atoms with E-state index in [1.54, 1.807) is 61.5 Å². The standard InChI is InChI=1S/C21H18FNO3S/c1-15-10-11-18(22)13-20(15)23-21(24)17-7-5-6-16(12-17)14-27(25,26)19-8-3-2-4-9-19/h2-13H,14H2,1H3,(H,23,24). The van der Waals surface area contributed by atoms with Crippen molar-refractivity contribution in [3.8, 4) is 0 Å². The summed E-state index contributed by atoms with van der Waals surface area (Å²) in [6, 6.07) is 18.7. The average Bonchev–Trinajstić information content (AvgIpc) is 2.65. The molecule has 0 saturated heterocycles. The van der Waals surface area contributed by atoms with Crippen LogP contribution < -0.4 is 5.32 Å². The van der Waals surface area contributed by atoms with Gasteiger partial charge < -0.3 is 5.32 Å². The van der Waals surface area contributed by atoms with Gasteiger partial charge in [0, 0.05) is 11.3 Å². The molecule has 1 N–H and O–H groups in total. The summed E-state index contributed by atoms with van der Waals surface area (Å²) < 4.78 is 38.4. The Hall–Kier alpha value is -2.99. The van der Waals surface area contributed by atoms with E-state index in [0.29, 0.717) is 16.8 Å². The molecule has 0 radical (unpaired) electrons. The Morgan fingerprint density at radius 2 is 1.70 bits per heavy atom. The molecule has 27 heavy (non-hydrogen) atoms. The van der Waals surface area contributed by atoms with Crippen LogP contribution in [0.1, 0.15) is 21.5 Å². The molecule has 1 amide bonds. The number of carbonyl (C=O) groups excluding carboxylic acids is 1. The van der Waals surface area contributed by atoms with E-state index in [1.807, 2.05) is 0 Å². The average molecular weight is 383 g/mol. The van der Waals surface area contributed by atoms with Crippen molar-refractivity contribution in [1.29, 1.82) is 0 Å². The highest BCUT2D eigenvalue weighted by molar-refractivity contribution is 7.90. The molecule has 0 aliphatic rings. The number of sulfone groups is 1. The predicted molar refractivity (Wildman–Crippen MR) is 103 cm³/mol. The van der Waals surface area contributed by atoms with Crippen LogP contribution in [-0.2, 0) is 15.6 Å². The lowest BCUT2D eigenvalue weighted by Gasteiger charge is -2.10. The van der Waals surface area contributed by atoms with Gasteiger partial charge in [0.2, 0.25) is 0 Å². The van der Waals surface area contributed by atoms with E-state index < -0.39 is 21.6 Å². The van der Waals surface area contributed by atoms with Crippen LogP contribution >= 0.6 is 0 Å². The summed E-state index contributed by atoms with van der Waals surface area (Å²) >= 11 is 0. The zero-order chi connectivity index (χ0) is 19.4. The molecule has 3 aromatic rings. The van der Waals surface area contributed by atoms with Gasteiger partial charge in [-0.25, -0.2) is 12.8 Å². The molecule has 3 aromatic carbocycles. The monoisotopic (exact) mass is 383 g/mol. The van der Waals surface area contributed by atoms with Crippen molar-refractivity contribution in [3.05, 3.63) is 95.3 Å². The number of anilines is 1. The predicted octanol–water partition coefficient (Wildman–Crippen LogP) is 4.36. The highest BCUT2D eigenvalue weighted by Gasteiger charge is 2.16. The molecule has 0 atom stereocenters. The van der Waals surface area contributed by atoms with Gasteiger partial charge in [0.15, 0.2) is 9.84 Å². The zero-order valence-corrected chi connectivity index (χ0v) is 15.5. The molecular formula is C21H18FNO3S. The molecule has 0 unspecified atom stereocenters. The van der Waals surface area contributed by atoms with Crippen molar-refractivity contribution in [3.63, 3.8) is 0 Å². The van der Waals surface area contributed by atoms with Gasteiger partial charge in [0.25, 0.3) is 5.91 Å². The van der Waals surface area contributed by atoms with Crippen molar-refractivity contribution < 1.29 is 17.6 Å². The van der Waals surface area contributed by atoms with E-state index in [-0.39, 0.29) is 10.6 Å². The first-order valence-corrected chi connectivity index (χ1v) is 9.95. The van der Waals surface area contributed by atoms with E-state index in [2.05, 4.69) is 5.32 Å². The second-order valence-corrected chi connectivity index (χ2v) is 8.18. The van der Waals surface area contributed by atoms with Gasteiger partial charge in [-0.3, -0.25) is 4.79 Å². The first kappa shape index (κ1) is 18.8. The summed E-state index contributed by atoms with van der Waals surface area (Å²) in [5.41, 5.74) is 1.91. The van der Waals surface area contributed by atoms with Crippen LogP contribution in [0.4, 0.5) is 10.1 Å². The SMILES string of the molecule is Cc1ccc(F)cc1NC(=O)c1cccc(CS(=O)(=O)c2ccccc2)c1. The summed E-state index contributed by atoms with van der Waals surface area (Å²) in [5, 5.41) is 2.66. The van der Waals surface area contributed by atoms with Crippen molar-refractivity contribution in [2.75, 3.05) is 5.32 Å². The third-order valence-corrected chi connectivity index (χ3v) is 5.80. The van der Waals surface area contributed by atoms with Crippen LogP contribution in [0.25, 0.3) is 0 Å². The summed E-state index contributed by atoms with van der Waals surface area (Å²) in [6.07, 6.45) is 0.